The molecule has 0 aromatic carbocycles. The topological polar surface area (TPSA) is 98.6 Å². The molecule has 7 heteroatoms. The third-order valence-corrected chi connectivity index (χ3v) is 3.11. The predicted octanol–water partition coefficient (Wildman–Crippen LogP) is 1.94. The molecule has 0 radical (unpaired) electrons. The molecule has 0 saturated carbocycles. The van der Waals surface area contributed by atoms with Gasteiger partial charge in [-0.15, -0.1) is 0 Å². The van der Waals surface area contributed by atoms with Crippen LogP contribution in [0.1, 0.15) is 30.6 Å². The Morgan fingerprint density at radius 2 is 2.32 bits per heavy atom. The van der Waals surface area contributed by atoms with Gasteiger partial charge in [0.05, 0.1) is 11.8 Å². The number of aliphatic carboxylic acids is 1. The highest BCUT2D eigenvalue weighted by Crippen LogP contribution is 2.33. The Balaban J connectivity index is 1.79. The smallest absolute Gasteiger partial charge is 0.332 e. The SMILES string of the molecule is Cc1occc1-c1noc(C2CCC(C(=O)O)O2)n1. The number of hydrogen-bond donors (Lipinski definition) is 1. The number of carboxylic acids is 1. The summed E-state index contributed by atoms with van der Waals surface area (Å²) >= 11 is 0. The zero-order valence-corrected chi connectivity index (χ0v) is 10.2. The highest BCUT2D eigenvalue weighted by atomic mass is 16.5. The van der Waals surface area contributed by atoms with Crippen molar-refractivity contribution in [3.63, 3.8) is 0 Å². The number of aromatic nitrogens is 2. The molecule has 2 aromatic heterocycles. The molecule has 1 fully saturated rings. The lowest BCUT2D eigenvalue weighted by Crippen LogP contribution is -2.18. The van der Waals surface area contributed by atoms with E-state index >= 15 is 0 Å². The van der Waals surface area contributed by atoms with Gasteiger partial charge < -0.3 is 18.8 Å². The molecule has 2 atom stereocenters. The predicted molar refractivity (Wildman–Crippen MR) is 61.2 cm³/mol. The van der Waals surface area contributed by atoms with Crippen molar-refractivity contribution in [2.45, 2.75) is 32.0 Å². The molecule has 7 nitrogen and oxygen atoms in total. The van der Waals surface area contributed by atoms with Crippen molar-refractivity contribution in [1.29, 1.82) is 0 Å². The van der Waals surface area contributed by atoms with E-state index in [0.717, 1.165) is 5.56 Å². The number of rotatable bonds is 3. The molecule has 1 saturated heterocycles. The number of nitrogens with zero attached hydrogens (tertiary/aromatic N) is 2. The van der Waals surface area contributed by atoms with Gasteiger partial charge in [-0.2, -0.15) is 4.98 Å². The van der Waals surface area contributed by atoms with Crippen molar-refractivity contribution in [2.75, 3.05) is 0 Å². The second-order valence-corrected chi connectivity index (χ2v) is 4.38. The quantitative estimate of drug-likeness (QED) is 0.904. The van der Waals surface area contributed by atoms with Gasteiger partial charge in [0, 0.05) is 0 Å². The Morgan fingerprint density at radius 1 is 1.47 bits per heavy atom. The summed E-state index contributed by atoms with van der Waals surface area (Å²) in [4.78, 5) is 15.0. The van der Waals surface area contributed by atoms with Crippen molar-refractivity contribution >= 4 is 5.97 Å². The molecule has 0 bridgehead atoms. The highest BCUT2D eigenvalue weighted by Gasteiger charge is 2.34. The molecule has 19 heavy (non-hydrogen) atoms. The van der Waals surface area contributed by atoms with E-state index < -0.39 is 18.2 Å². The van der Waals surface area contributed by atoms with Gasteiger partial charge in [0.1, 0.15) is 11.9 Å². The van der Waals surface area contributed by atoms with E-state index in [-0.39, 0.29) is 0 Å². The van der Waals surface area contributed by atoms with Crippen LogP contribution in [-0.4, -0.2) is 27.3 Å². The molecule has 0 spiro atoms. The first-order valence-electron chi connectivity index (χ1n) is 5.91. The molecule has 2 unspecified atom stereocenters. The lowest BCUT2D eigenvalue weighted by atomic mass is 10.2. The molecule has 3 heterocycles. The Morgan fingerprint density at radius 3 is 2.95 bits per heavy atom. The third kappa shape index (κ3) is 2.12. The van der Waals surface area contributed by atoms with E-state index in [1.54, 1.807) is 19.3 Å². The minimum Gasteiger partial charge on any atom is -0.479 e. The van der Waals surface area contributed by atoms with Crippen LogP contribution in [-0.2, 0) is 9.53 Å². The van der Waals surface area contributed by atoms with E-state index in [1.807, 2.05) is 0 Å². The van der Waals surface area contributed by atoms with E-state index in [0.29, 0.717) is 30.3 Å². The van der Waals surface area contributed by atoms with Gasteiger partial charge in [0.2, 0.25) is 5.82 Å². The fourth-order valence-corrected chi connectivity index (χ4v) is 2.09. The van der Waals surface area contributed by atoms with Gasteiger partial charge in [-0.1, -0.05) is 5.16 Å². The Hall–Kier alpha value is -2.15. The lowest BCUT2D eigenvalue weighted by Gasteiger charge is -2.05. The second kappa shape index (κ2) is 4.51. The normalized spacial score (nSPS) is 22.8. The molecule has 2 aromatic rings. The van der Waals surface area contributed by atoms with Crippen LogP contribution >= 0.6 is 0 Å². The molecular weight excluding hydrogens is 252 g/mol. The summed E-state index contributed by atoms with van der Waals surface area (Å²) in [6.07, 6.45) is 1.31. The van der Waals surface area contributed by atoms with Crippen LogP contribution in [0.15, 0.2) is 21.3 Å². The summed E-state index contributed by atoms with van der Waals surface area (Å²) in [5.41, 5.74) is 0.753. The maximum absolute atomic E-state index is 10.8. The van der Waals surface area contributed by atoms with Gasteiger partial charge in [0.15, 0.2) is 6.10 Å². The lowest BCUT2D eigenvalue weighted by molar-refractivity contribution is -0.150. The molecule has 3 rings (SSSR count). The van der Waals surface area contributed by atoms with Crippen LogP contribution in [0.25, 0.3) is 11.4 Å². The van der Waals surface area contributed by atoms with Gasteiger partial charge >= 0.3 is 5.97 Å². The van der Waals surface area contributed by atoms with E-state index in [4.69, 9.17) is 18.8 Å². The summed E-state index contributed by atoms with van der Waals surface area (Å²) < 4.78 is 15.7. The zero-order chi connectivity index (χ0) is 13.4. The summed E-state index contributed by atoms with van der Waals surface area (Å²) in [5, 5.41) is 12.7. The van der Waals surface area contributed by atoms with Gasteiger partial charge in [-0.3, -0.25) is 0 Å². The summed E-state index contributed by atoms with van der Waals surface area (Å²) in [6.45, 7) is 1.80. The Bertz CT molecular complexity index is 603. The maximum atomic E-state index is 10.8. The number of hydrogen-bond acceptors (Lipinski definition) is 6. The van der Waals surface area contributed by atoms with E-state index in [1.165, 1.54) is 0 Å². The van der Waals surface area contributed by atoms with E-state index in [2.05, 4.69) is 10.1 Å². The summed E-state index contributed by atoms with van der Waals surface area (Å²) in [6, 6.07) is 1.75. The molecule has 1 N–H and O–H groups in total. The minimum atomic E-state index is -0.965. The molecule has 100 valence electrons. The number of carbonyl (C=O) groups is 1. The van der Waals surface area contributed by atoms with Crippen LogP contribution in [0, 0.1) is 6.92 Å². The van der Waals surface area contributed by atoms with Crippen molar-refractivity contribution < 1.29 is 23.6 Å². The van der Waals surface area contributed by atoms with Crippen LogP contribution in [0.2, 0.25) is 0 Å². The fraction of sp³-hybridized carbons (Fsp3) is 0.417. The molecule has 0 aliphatic carbocycles. The average Bonchev–Trinajstić information content (AvgIpc) is 3.07. The Labute approximate surface area is 108 Å². The maximum Gasteiger partial charge on any atom is 0.332 e. The zero-order valence-electron chi connectivity index (χ0n) is 10.2. The van der Waals surface area contributed by atoms with Crippen molar-refractivity contribution in [3.8, 4) is 11.4 Å². The first-order valence-corrected chi connectivity index (χ1v) is 5.91. The first-order chi connectivity index (χ1) is 9.15. The molecule has 1 aliphatic heterocycles. The Kier molecular flexibility index (Phi) is 2.83. The largest absolute Gasteiger partial charge is 0.479 e. The molecule has 1 aliphatic rings. The van der Waals surface area contributed by atoms with Gasteiger partial charge in [-0.05, 0) is 25.8 Å². The van der Waals surface area contributed by atoms with E-state index in [9.17, 15) is 4.79 Å². The average molecular weight is 264 g/mol. The van der Waals surface area contributed by atoms with Crippen molar-refractivity contribution in [2.24, 2.45) is 0 Å². The van der Waals surface area contributed by atoms with Crippen LogP contribution in [0.3, 0.4) is 0 Å². The number of aryl methyl sites for hydroxylation is 1. The summed E-state index contributed by atoms with van der Waals surface area (Å²) in [7, 11) is 0. The highest BCUT2D eigenvalue weighted by molar-refractivity contribution is 5.72. The van der Waals surface area contributed by atoms with Crippen molar-refractivity contribution in [3.05, 3.63) is 24.0 Å². The standard InChI is InChI=1S/C12H12N2O5/c1-6-7(4-5-17-6)10-13-11(19-14-10)8-2-3-9(18-8)12(15)16/h4-5,8-9H,2-3H2,1H3,(H,15,16). The monoisotopic (exact) mass is 264 g/mol. The third-order valence-electron chi connectivity index (χ3n) is 3.11. The van der Waals surface area contributed by atoms with Crippen LogP contribution in [0.5, 0.6) is 0 Å². The van der Waals surface area contributed by atoms with Gasteiger partial charge in [0.25, 0.3) is 5.89 Å². The number of furan rings is 1. The van der Waals surface area contributed by atoms with Crippen LogP contribution in [0.4, 0.5) is 0 Å². The number of ether oxygens (including phenoxy) is 1. The first kappa shape index (κ1) is 11.9. The molecule has 0 amide bonds. The molecular formula is C12H12N2O5. The fourth-order valence-electron chi connectivity index (χ4n) is 2.09. The number of carboxylic acid groups (broad SMARTS) is 1. The van der Waals surface area contributed by atoms with Gasteiger partial charge in [-0.25, -0.2) is 4.79 Å². The van der Waals surface area contributed by atoms with Crippen LogP contribution < -0.4 is 0 Å². The minimum absolute atomic E-state index is 0.305. The summed E-state index contributed by atoms with van der Waals surface area (Å²) in [5.74, 6) is 0.457. The van der Waals surface area contributed by atoms with Crippen molar-refractivity contribution in [1.82, 2.24) is 10.1 Å². The second-order valence-electron chi connectivity index (χ2n) is 4.38.